The van der Waals surface area contributed by atoms with Crippen molar-refractivity contribution in [3.63, 3.8) is 0 Å². The standard InChI is InChI=1S/C27H19F6NO4S/c1-15-10-20(8-9-21(15)38-14-23(35)36)37-13-22-34-24(16-4-2-6-18(11-16)26(28,29)30)25(39-22)17-5-3-7-19(12-17)27(31,32)33/h2-12H,13-14H2,1H3,(H,35,36). The predicted molar refractivity (Wildman–Crippen MR) is 132 cm³/mol. The molecule has 3 aromatic carbocycles. The summed E-state index contributed by atoms with van der Waals surface area (Å²) in [6.45, 7) is 1.05. The van der Waals surface area contributed by atoms with Gasteiger partial charge in [-0.3, -0.25) is 0 Å². The van der Waals surface area contributed by atoms with E-state index in [0.717, 1.165) is 35.6 Å². The molecule has 1 aromatic heterocycles. The fraction of sp³-hybridized carbons (Fsp3) is 0.185. The van der Waals surface area contributed by atoms with Crippen LogP contribution >= 0.6 is 11.3 Å². The first-order valence-corrected chi connectivity index (χ1v) is 12.1. The second kappa shape index (κ2) is 11.0. The average molecular weight is 568 g/mol. The maximum Gasteiger partial charge on any atom is 0.416 e. The van der Waals surface area contributed by atoms with Gasteiger partial charge in [0.25, 0.3) is 0 Å². The zero-order valence-corrected chi connectivity index (χ0v) is 20.9. The van der Waals surface area contributed by atoms with Crippen molar-refractivity contribution in [2.75, 3.05) is 6.61 Å². The summed E-state index contributed by atoms with van der Waals surface area (Å²) in [6, 6.07) is 13.6. The number of carboxylic acid groups (broad SMARTS) is 1. The lowest BCUT2D eigenvalue weighted by molar-refractivity contribution is -0.139. The molecule has 0 aliphatic rings. The number of hydrogen-bond donors (Lipinski definition) is 1. The zero-order valence-electron chi connectivity index (χ0n) is 20.1. The summed E-state index contributed by atoms with van der Waals surface area (Å²) < 4.78 is 91.1. The molecule has 0 bridgehead atoms. The van der Waals surface area contributed by atoms with Crippen LogP contribution in [-0.4, -0.2) is 22.7 Å². The number of carbonyl (C=O) groups is 1. The molecule has 39 heavy (non-hydrogen) atoms. The Balaban J connectivity index is 1.68. The molecule has 0 fully saturated rings. The van der Waals surface area contributed by atoms with Crippen molar-refractivity contribution >= 4 is 17.3 Å². The topological polar surface area (TPSA) is 68.7 Å². The number of ether oxygens (including phenoxy) is 2. The maximum absolute atomic E-state index is 13.4. The number of nitrogens with zero attached hydrogens (tertiary/aromatic N) is 1. The summed E-state index contributed by atoms with van der Waals surface area (Å²) in [5, 5.41) is 9.08. The van der Waals surface area contributed by atoms with E-state index >= 15 is 0 Å². The smallest absolute Gasteiger partial charge is 0.416 e. The molecule has 4 rings (SSSR count). The number of halogens is 6. The second-order valence-electron chi connectivity index (χ2n) is 8.34. The maximum atomic E-state index is 13.4. The fourth-order valence-corrected chi connectivity index (χ4v) is 4.65. The Morgan fingerprint density at radius 1 is 0.872 bits per heavy atom. The van der Waals surface area contributed by atoms with Gasteiger partial charge in [-0.2, -0.15) is 26.3 Å². The number of alkyl halides is 6. The van der Waals surface area contributed by atoms with Crippen molar-refractivity contribution in [1.82, 2.24) is 4.98 Å². The Morgan fingerprint density at radius 2 is 1.49 bits per heavy atom. The molecule has 0 aliphatic carbocycles. The quantitative estimate of drug-likeness (QED) is 0.220. The van der Waals surface area contributed by atoms with Crippen LogP contribution in [0.25, 0.3) is 21.7 Å². The first-order valence-electron chi connectivity index (χ1n) is 11.2. The van der Waals surface area contributed by atoms with Gasteiger partial charge in [0.1, 0.15) is 23.1 Å². The molecule has 5 nitrogen and oxygen atoms in total. The molecular formula is C27H19F6NO4S. The third-order valence-electron chi connectivity index (χ3n) is 5.45. The minimum atomic E-state index is -4.62. The number of benzene rings is 3. The first kappa shape index (κ1) is 28.0. The molecule has 0 radical (unpaired) electrons. The highest BCUT2D eigenvalue weighted by Crippen LogP contribution is 2.41. The summed E-state index contributed by atoms with van der Waals surface area (Å²) in [7, 11) is 0. The summed E-state index contributed by atoms with van der Waals surface area (Å²) >= 11 is 1.00. The van der Waals surface area contributed by atoms with Crippen LogP contribution < -0.4 is 9.47 Å². The Labute approximate surface area is 222 Å². The summed E-state index contributed by atoms with van der Waals surface area (Å²) in [5.74, 6) is -0.407. The highest BCUT2D eigenvalue weighted by molar-refractivity contribution is 7.15. The van der Waals surface area contributed by atoms with Gasteiger partial charge in [0.2, 0.25) is 0 Å². The number of aryl methyl sites for hydroxylation is 1. The third kappa shape index (κ3) is 6.88. The van der Waals surface area contributed by atoms with Crippen LogP contribution in [0.4, 0.5) is 26.3 Å². The number of thiazole rings is 1. The highest BCUT2D eigenvalue weighted by atomic mass is 32.1. The van der Waals surface area contributed by atoms with Crippen molar-refractivity contribution < 1.29 is 45.7 Å². The lowest BCUT2D eigenvalue weighted by Crippen LogP contribution is -2.10. The minimum Gasteiger partial charge on any atom is -0.486 e. The van der Waals surface area contributed by atoms with E-state index < -0.39 is 36.1 Å². The van der Waals surface area contributed by atoms with E-state index in [0.29, 0.717) is 22.1 Å². The molecule has 0 amide bonds. The van der Waals surface area contributed by atoms with Crippen LogP contribution in [0.3, 0.4) is 0 Å². The van der Waals surface area contributed by atoms with Gasteiger partial charge >= 0.3 is 18.3 Å². The van der Waals surface area contributed by atoms with E-state index in [9.17, 15) is 31.1 Å². The normalized spacial score (nSPS) is 11.9. The summed E-state index contributed by atoms with van der Waals surface area (Å²) in [4.78, 5) is 15.4. The van der Waals surface area contributed by atoms with Crippen molar-refractivity contribution in [1.29, 1.82) is 0 Å². The van der Waals surface area contributed by atoms with E-state index in [2.05, 4.69) is 4.98 Å². The van der Waals surface area contributed by atoms with Gasteiger partial charge in [-0.15, -0.1) is 11.3 Å². The molecule has 12 heteroatoms. The third-order valence-corrected chi connectivity index (χ3v) is 6.52. The van der Waals surface area contributed by atoms with Crippen molar-refractivity contribution in [2.24, 2.45) is 0 Å². The molecule has 1 N–H and O–H groups in total. The molecule has 0 atom stereocenters. The Bertz CT molecular complexity index is 1420. The van der Waals surface area contributed by atoms with E-state index in [-0.39, 0.29) is 28.3 Å². The predicted octanol–water partition coefficient (Wildman–Crippen LogP) is 7.87. The van der Waals surface area contributed by atoms with Crippen LogP contribution in [0.2, 0.25) is 0 Å². The summed E-state index contributed by atoms with van der Waals surface area (Å²) in [6.07, 6.45) is -9.23. The Hall–Kier alpha value is -4.06. The number of rotatable bonds is 8. The zero-order chi connectivity index (χ0) is 28.4. The monoisotopic (exact) mass is 567 g/mol. The largest absolute Gasteiger partial charge is 0.486 e. The molecular weight excluding hydrogens is 548 g/mol. The first-order chi connectivity index (χ1) is 18.3. The Morgan fingerprint density at radius 3 is 2.08 bits per heavy atom. The Kier molecular flexibility index (Phi) is 7.86. The lowest BCUT2D eigenvalue weighted by atomic mass is 10.0. The van der Waals surface area contributed by atoms with Crippen LogP contribution in [0.15, 0.2) is 66.7 Å². The number of hydrogen-bond acceptors (Lipinski definition) is 5. The fourth-order valence-electron chi connectivity index (χ4n) is 3.66. The SMILES string of the molecule is Cc1cc(OCc2nc(-c3cccc(C(F)(F)F)c3)c(-c3cccc(C(F)(F)F)c3)s2)ccc1OCC(=O)O. The van der Waals surface area contributed by atoms with Gasteiger partial charge in [0, 0.05) is 5.56 Å². The van der Waals surface area contributed by atoms with Crippen LogP contribution in [0.1, 0.15) is 21.7 Å². The number of carboxylic acids is 1. The van der Waals surface area contributed by atoms with E-state index in [1.807, 2.05) is 0 Å². The van der Waals surface area contributed by atoms with E-state index in [1.165, 1.54) is 30.3 Å². The molecule has 0 saturated heterocycles. The highest BCUT2D eigenvalue weighted by Gasteiger charge is 2.32. The van der Waals surface area contributed by atoms with Crippen LogP contribution in [-0.2, 0) is 23.8 Å². The van der Waals surface area contributed by atoms with Gasteiger partial charge in [-0.1, -0.05) is 24.3 Å². The van der Waals surface area contributed by atoms with Crippen molar-refractivity contribution in [3.8, 4) is 33.2 Å². The van der Waals surface area contributed by atoms with Gasteiger partial charge in [0.15, 0.2) is 6.61 Å². The summed E-state index contributed by atoms with van der Waals surface area (Å²) in [5.41, 5.74) is -0.879. The average Bonchev–Trinajstić information content (AvgIpc) is 3.30. The molecule has 0 saturated carbocycles. The van der Waals surface area contributed by atoms with Crippen LogP contribution in [0.5, 0.6) is 11.5 Å². The van der Waals surface area contributed by atoms with Crippen molar-refractivity contribution in [3.05, 3.63) is 88.4 Å². The van der Waals surface area contributed by atoms with Crippen molar-refractivity contribution in [2.45, 2.75) is 25.9 Å². The molecule has 0 aliphatic heterocycles. The molecule has 1 heterocycles. The van der Waals surface area contributed by atoms with Gasteiger partial charge in [-0.05, 0) is 60.5 Å². The van der Waals surface area contributed by atoms with Gasteiger partial charge in [0.05, 0.1) is 21.7 Å². The van der Waals surface area contributed by atoms with Gasteiger partial charge < -0.3 is 14.6 Å². The molecule has 0 unspecified atom stereocenters. The van der Waals surface area contributed by atoms with E-state index in [1.54, 1.807) is 19.1 Å². The second-order valence-corrected chi connectivity index (χ2v) is 9.42. The molecule has 204 valence electrons. The minimum absolute atomic E-state index is 0.0931. The molecule has 4 aromatic rings. The molecule has 0 spiro atoms. The lowest BCUT2D eigenvalue weighted by Gasteiger charge is -2.10. The number of aromatic nitrogens is 1. The van der Waals surface area contributed by atoms with Crippen LogP contribution in [0, 0.1) is 6.92 Å². The number of aliphatic carboxylic acids is 1. The van der Waals surface area contributed by atoms with E-state index in [4.69, 9.17) is 14.6 Å². The van der Waals surface area contributed by atoms with Gasteiger partial charge in [-0.25, -0.2) is 9.78 Å².